The van der Waals surface area contributed by atoms with Gasteiger partial charge in [-0.3, -0.25) is 0 Å². The molecule has 0 saturated heterocycles. The van der Waals surface area contributed by atoms with Crippen LogP contribution < -0.4 is 16.0 Å². The smallest absolute Gasteiger partial charge is 0.0367 e. The average molecular weight is 249 g/mol. The van der Waals surface area contributed by atoms with E-state index in [1.54, 1.807) is 0 Å². The molecule has 0 aliphatic heterocycles. The van der Waals surface area contributed by atoms with Crippen molar-refractivity contribution in [3.8, 4) is 0 Å². The molecule has 3 N–H and O–H groups in total. The van der Waals surface area contributed by atoms with Crippen LogP contribution in [-0.2, 0) is 0 Å². The molecule has 1 aromatic rings. The third kappa shape index (κ3) is 4.96. The van der Waals surface area contributed by atoms with E-state index in [0.717, 1.165) is 24.3 Å². The second-order valence-corrected chi connectivity index (χ2v) is 4.98. The summed E-state index contributed by atoms with van der Waals surface area (Å²) in [5.74, 6) is 0. The van der Waals surface area contributed by atoms with Crippen LogP contribution in [0.4, 0.5) is 11.4 Å². The Labute approximate surface area is 111 Å². The molecule has 3 heteroatoms. The molecule has 0 bridgehead atoms. The van der Waals surface area contributed by atoms with Gasteiger partial charge in [0.2, 0.25) is 0 Å². The number of rotatable bonds is 8. The normalized spacial score (nSPS) is 10.6. The Bertz CT molecular complexity index is 350. The first-order chi connectivity index (χ1) is 8.65. The zero-order valence-corrected chi connectivity index (χ0v) is 12.0. The van der Waals surface area contributed by atoms with Crippen LogP contribution in [0.3, 0.4) is 0 Å². The Morgan fingerprint density at radius 3 is 2.56 bits per heavy atom. The summed E-state index contributed by atoms with van der Waals surface area (Å²) < 4.78 is 0. The second-order valence-electron chi connectivity index (χ2n) is 4.98. The SMILES string of the molecule is CNCCCCCCN(C)c1ccc(N)c(C)c1. The number of benzene rings is 1. The number of anilines is 2. The fourth-order valence-electron chi connectivity index (χ4n) is 2.03. The minimum atomic E-state index is 0.874. The van der Waals surface area contributed by atoms with Gasteiger partial charge in [-0.15, -0.1) is 0 Å². The zero-order valence-electron chi connectivity index (χ0n) is 12.0. The predicted molar refractivity (Wildman–Crippen MR) is 81.3 cm³/mol. The Hall–Kier alpha value is -1.22. The molecule has 0 saturated carbocycles. The van der Waals surface area contributed by atoms with Crippen LogP contribution in [0.2, 0.25) is 0 Å². The van der Waals surface area contributed by atoms with Crippen molar-refractivity contribution in [3.05, 3.63) is 23.8 Å². The average Bonchev–Trinajstić information content (AvgIpc) is 2.36. The lowest BCUT2D eigenvalue weighted by atomic mass is 10.1. The van der Waals surface area contributed by atoms with E-state index < -0.39 is 0 Å². The minimum Gasteiger partial charge on any atom is -0.399 e. The molecule has 0 aliphatic carbocycles. The van der Waals surface area contributed by atoms with Crippen molar-refractivity contribution in [1.82, 2.24) is 5.32 Å². The molecule has 0 heterocycles. The number of nitrogens with one attached hydrogen (secondary N) is 1. The van der Waals surface area contributed by atoms with Crippen LogP contribution in [0.25, 0.3) is 0 Å². The third-order valence-electron chi connectivity index (χ3n) is 3.36. The topological polar surface area (TPSA) is 41.3 Å². The van der Waals surface area contributed by atoms with Gasteiger partial charge in [0.25, 0.3) is 0 Å². The van der Waals surface area contributed by atoms with E-state index in [2.05, 4.69) is 36.3 Å². The number of nitrogens with zero attached hydrogens (tertiary/aromatic N) is 1. The molecule has 0 radical (unpaired) electrons. The third-order valence-corrected chi connectivity index (χ3v) is 3.36. The fourth-order valence-corrected chi connectivity index (χ4v) is 2.03. The summed E-state index contributed by atoms with van der Waals surface area (Å²) in [6.07, 6.45) is 5.15. The lowest BCUT2D eigenvalue weighted by Crippen LogP contribution is -2.18. The van der Waals surface area contributed by atoms with Crippen molar-refractivity contribution in [2.24, 2.45) is 0 Å². The first kappa shape index (κ1) is 14.8. The minimum absolute atomic E-state index is 0.874. The van der Waals surface area contributed by atoms with Crippen molar-refractivity contribution in [2.45, 2.75) is 32.6 Å². The van der Waals surface area contributed by atoms with Crippen molar-refractivity contribution < 1.29 is 0 Å². The lowest BCUT2D eigenvalue weighted by Gasteiger charge is -2.20. The Morgan fingerprint density at radius 2 is 1.89 bits per heavy atom. The van der Waals surface area contributed by atoms with Gasteiger partial charge in [-0.05, 0) is 57.1 Å². The molecule has 0 fully saturated rings. The summed E-state index contributed by atoms with van der Waals surface area (Å²) >= 11 is 0. The van der Waals surface area contributed by atoms with Crippen molar-refractivity contribution in [1.29, 1.82) is 0 Å². The van der Waals surface area contributed by atoms with E-state index in [9.17, 15) is 0 Å². The van der Waals surface area contributed by atoms with Gasteiger partial charge in [-0.1, -0.05) is 12.8 Å². The fraction of sp³-hybridized carbons (Fsp3) is 0.600. The predicted octanol–water partition coefficient (Wildman–Crippen LogP) is 2.79. The molecule has 0 unspecified atom stereocenters. The summed E-state index contributed by atoms with van der Waals surface area (Å²) in [6, 6.07) is 6.26. The van der Waals surface area contributed by atoms with E-state index in [1.807, 2.05) is 13.1 Å². The van der Waals surface area contributed by atoms with Crippen LogP contribution in [-0.4, -0.2) is 27.2 Å². The van der Waals surface area contributed by atoms with Gasteiger partial charge in [0, 0.05) is 25.0 Å². The summed E-state index contributed by atoms with van der Waals surface area (Å²) in [5.41, 5.74) is 9.13. The van der Waals surface area contributed by atoms with E-state index in [-0.39, 0.29) is 0 Å². The Balaban J connectivity index is 2.27. The molecule has 0 atom stereocenters. The molecular weight excluding hydrogens is 222 g/mol. The highest BCUT2D eigenvalue weighted by Crippen LogP contribution is 2.19. The van der Waals surface area contributed by atoms with E-state index in [1.165, 1.54) is 31.4 Å². The quantitative estimate of drug-likeness (QED) is 0.550. The maximum atomic E-state index is 5.83. The van der Waals surface area contributed by atoms with Crippen LogP contribution in [0.15, 0.2) is 18.2 Å². The molecule has 1 rings (SSSR count). The van der Waals surface area contributed by atoms with Gasteiger partial charge in [0.05, 0.1) is 0 Å². The zero-order chi connectivity index (χ0) is 13.4. The van der Waals surface area contributed by atoms with Gasteiger partial charge < -0.3 is 16.0 Å². The first-order valence-electron chi connectivity index (χ1n) is 6.87. The highest BCUT2D eigenvalue weighted by molar-refractivity contribution is 5.57. The maximum Gasteiger partial charge on any atom is 0.0367 e. The van der Waals surface area contributed by atoms with Crippen LogP contribution >= 0.6 is 0 Å². The lowest BCUT2D eigenvalue weighted by molar-refractivity contribution is 0.615. The van der Waals surface area contributed by atoms with Gasteiger partial charge in [0.1, 0.15) is 0 Å². The molecular formula is C15H27N3. The monoisotopic (exact) mass is 249 g/mol. The van der Waals surface area contributed by atoms with Crippen LogP contribution in [0.1, 0.15) is 31.2 Å². The van der Waals surface area contributed by atoms with Gasteiger partial charge in [-0.25, -0.2) is 0 Å². The van der Waals surface area contributed by atoms with Gasteiger partial charge >= 0.3 is 0 Å². The van der Waals surface area contributed by atoms with Gasteiger partial charge in [-0.2, -0.15) is 0 Å². The molecule has 102 valence electrons. The first-order valence-corrected chi connectivity index (χ1v) is 6.87. The standard InChI is InChI=1S/C15H27N3/c1-13-12-14(8-9-15(13)16)18(3)11-7-5-4-6-10-17-2/h8-9,12,17H,4-7,10-11,16H2,1-3H3. The highest BCUT2D eigenvalue weighted by Gasteiger charge is 2.02. The molecule has 1 aromatic carbocycles. The molecule has 0 amide bonds. The number of hydrogen-bond acceptors (Lipinski definition) is 3. The number of nitrogens with two attached hydrogens (primary N) is 1. The molecule has 0 aromatic heterocycles. The molecule has 0 aliphatic rings. The summed E-state index contributed by atoms with van der Waals surface area (Å²) in [6.45, 7) is 4.31. The van der Waals surface area contributed by atoms with E-state index >= 15 is 0 Å². The van der Waals surface area contributed by atoms with E-state index in [4.69, 9.17) is 5.73 Å². The van der Waals surface area contributed by atoms with Crippen molar-refractivity contribution in [3.63, 3.8) is 0 Å². The summed E-state index contributed by atoms with van der Waals surface area (Å²) in [4.78, 5) is 2.31. The van der Waals surface area contributed by atoms with Crippen molar-refractivity contribution in [2.75, 3.05) is 37.8 Å². The van der Waals surface area contributed by atoms with Gasteiger partial charge in [0.15, 0.2) is 0 Å². The number of hydrogen-bond donors (Lipinski definition) is 2. The maximum absolute atomic E-state index is 5.83. The van der Waals surface area contributed by atoms with E-state index in [0.29, 0.717) is 0 Å². The molecule has 3 nitrogen and oxygen atoms in total. The highest BCUT2D eigenvalue weighted by atomic mass is 15.1. The van der Waals surface area contributed by atoms with Crippen molar-refractivity contribution >= 4 is 11.4 Å². The number of nitrogen functional groups attached to an aromatic ring is 1. The van der Waals surface area contributed by atoms with Crippen LogP contribution in [0.5, 0.6) is 0 Å². The Morgan fingerprint density at radius 1 is 1.17 bits per heavy atom. The Kier molecular flexibility index (Phi) is 6.58. The molecule has 18 heavy (non-hydrogen) atoms. The summed E-state index contributed by atoms with van der Waals surface area (Å²) in [7, 11) is 4.16. The number of unbranched alkanes of at least 4 members (excludes halogenated alkanes) is 3. The second kappa shape index (κ2) is 7.98. The summed E-state index contributed by atoms with van der Waals surface area (Å²) in [5, 5.41) is 3.18. The largest absolute Gasteiger partial charge is 0.399 e. The van der Waals surface area contributed by atoms with Crippen LogP contribution in [0, 0.1) is 6.92 Å². The molecule has 0 spiro atoms. The number of aryl methyl sites for hydroxylation is 1.